The third-order valence-corrected chi connectivity index (χ3v) is 6.90. The first-order chi connectivity index (χ1) is 17.9. The van der Waals surface area contributed by atoms with E-state index >= 15 is 4.39 Å². The van der Waals surface area contributed by atoms with Crippen molar-refractivity contribution >= 4 is 22.6 Å². The van der Waals surface area contributed by atoms with Crippen LogP contribution in [0.1, 0.15) is 35.1 Å². The number of fused-ring (bicyclic) bond motifs is 1. The Balaban J connectivity index is 1.19. The van der Waals surface area contributed by atoms with Crippen molar-refractivity contribution in [2.45, 2.75) is 25.4 Å². The molecule has 0 unspecified atom stereocenters. The number of carboxylic acids is 1. The molecule has 1 aliphatic heterocycles. The molecule has 1 aliphatic carbocycles. The molecular weight excluding hydrogens is 481 g/mol. The summed E-state index contributed by atoms with van der Waals surface area (Å²) < 4.78 is 22.8. The minimum Gasteiger partial charge on any atom is -0.508 e. The second kappa shape index (κ2) is 9.00. The number of anilines is 1. The van der Waals surface area contributed by atoms with Gasteiger partial charge in [0.05, 0.1) is 17.7 Å². The van der Waals surface area contributed by atoms with Crippen LogP contribution < -0.4 is 10.3 Å². The Bertz CT molecular complexity index is 1570. The van der Waals surface area contributed by atoms with Crippen LogP contribution in [-0.4, -0.2) is 62.0 Å². The number of hydrogen-bond donors (Lipinski definition) is 2. The van der Waals surface area contributed by atoms with Crippen molar-refractivity contribution in [1.29, 1.82) is 0 Å². The van der Waals surface area contributed by atoms with Crippen LogP contribution in [0.15, 0.2) is 51.8 Å². The number of phenols is 1. The number of nitrogens with zero attached hydrogens (tertiary/aromatic N) is 5. The Kier molecular flexibility index (Phi) is 5.64. The Morgan fingerprint density at radius 1 is 1.11 bits per heavy atom. The van der Waals surface area contributed by atoms with Crippen LogP contribution in [0, 0.1) is 5.82 Å². The number of pyridine rings is 1. The van der Waals surface area contributed by atoms with Gasteiger partial charge < -0.3 is 24.1 Å². The topological polar surface area (TPSA) is 125 Å². The molecule has 0 spiro atoms. The van der Waals surface area contributed by atoms with E-state index in [0.29, 0.717) is 61.3 Å². The molecule has 0 radical (unpaired) electrons. The highest BCUT2D eigenvalue weighted by molar-refractivity contribution is 5.93. The standard InChI is InChI=1S/C26H24FN5O5/c27-20-11-18-21(32(16-4-5-16)13-19(24(18)34)26(35)36)12-22(20)31-8-6-30(7-9-31)14-23-28-29-25(37-23)15-2-1-3-17(33)10-15/h1-3,10-13,16,33H,4-9,14H2,(H,35,36). The average molecular weight is 506 g/mol. The second-order valence-corrected chi connectivity index (χ2v) is 9.45. The number of aromatic nitrogens is 3. The first-order valence-electron chi connectivity index (χ1n) is 12.1. The molecule has 11 heteroatoms. The monoisotopic (exact) mass is 505 g/mol. The molecule has 0 amide bonds. The van der Waals surface area contributed by atoms with E-state index in [-0.39, 0.29) is 22.7 Å². The van der Waals surface area contributed by atoms with Gasteiger partial charge in [0.25, 0.3) is 0 Å². The Hall–Kier alpha value is -4.25. The van der Waals surface area contributed by atoms with Crippen molar-refractivity contribution < 1.29 is 23.8 Å². The van der Waals surface area contributed by atoms with Crippen LogP contribution in [0.2, 0.25) is 0 Å². The van der Waals surface area contributed by atoms with Gasteiger partial charge in [0, 0.05) is 49.4 Å². The van der Waals surface area contributed by atoms with Gasteiger partial charge in [0.2, 0.25) is 17.2 Å². The number of benzene rings is 2. The highest BCUT2D eigenvalue weighted by Crippen LogP contribution is 2.38. The van der Waals surface area contributed by atoms with Crippen molar-refractivity contribution in [3.8, 4) is 17.2 Å². The number of phenolic OH excluding ortho intramolecular Hbond substituents is 1. The molecule has 3 heterocycles. The normalized spacial score (nSPS) is 16.4. The van der Waals surface area contributed by atoms with Gasteiger partial charge in [-0.3, -0.25) is 9.69 Å². The molecule has 2 aliphatic rings. The number of rotatable bonds is 6. The Labute approximate surface area is 210 Å². The van der Waals surface area contributed by atoms with E-state index < -0.39 is 17.2 Å². The van der Waals surface area contributed by atoms with Crippen molar-refractivity contribution in [3.05, 3.63) is 70.1 Å². The average Bonchev–Trinajstić information content (AvgIpc) is 3.62. The highest BCUT2D eigenvalue weighted by atomic mass is 19.1. The number of carboxylic acid groups (broad SMARTS) is 1. The van der Waals surface area contributed by atoms with E-state index in [9.17, 15) is 19.8 Å². The van der Waals surface area contributed by atoms with Crippen LogP contribution >= 0.6 is 0 Å². The molecule has 4 aromatic rings. The van der Waals surface area contributed by atoms with Gasteiger partial charge in [0.15, 0.2) is 0 Å². The van der Waals surface area contributed by atoms with E-state index in [2.05, 4.69) is 15.1 Å². The van der Waals surface area contributed by atoms with Crippen molar-refractivity contribution in [2.24, 2.45) is 0 Å². The van der Waals surface area contributed by atoms with Crippen LogP contribution in [0.3, 0.4) is 0 Å². The first-order valence-corrected chi connectivity index (χ1v) is 12.1. The lowest BCUT2D eigenvalue weighted by atomic mass is 10.1. The van der Waals surface area contributed by atoms with E-state index in [1.54, 1.807) is 34.9 Å². The Morgan fingerprint density at radius 3 is 2.59 bits per heavy atom. The van der Waals surface area contributed by atoms with Gasteiger partial charge >= 0.3 is 5.97 Å². The van der Waals surface area contributed by atoms with Crippen LogP contribution in [0.25, 0.3) is 22.4 Å². The smallest absolute Gasteiger partial charge is 0.341 e. The van der Waals surface area contributed by atoms with E-state index in [1.807, 2.05) is 4.90 Å². The lowest BCUT2D eigenvalue weighted by molar-refractivity contribution is 0.0695. The summed E-state index contributed by atoms with van der Waals surface area (Å²) in [5.74, 6) is -0.958. The molecular formula is C26H24FN5O5. The fourth-order valence-electron chi connectivity index (χ4n) is 4.82. The van der Waals surface area contributed by atoms with Crippen molar-refractivity contribution in [1.82, 2.24) is 19.7 Å². The second-order valence-electron chi connectivity index (χ2n) is 9.45. The summed E-state index contributed by atoms with van der Waals surface area (Å²) >= 11 is 0. The largest absolute Gasteiger partial charge is 0.508 e. The Morgan fingerprint density at radius 2 is 1.89 bits per heavy atom. The number of aromatic carboxylic acids is 1. The van der Waals surface area contributed by atoms with Crippen molar-refractivity contribution in [2.75, 3.05) is 31.1 Å². The predicted octanol–water partition coefficient (Wildman–Crippen LogP) is 3.25. The fourth-order valence-corrected chi connectivity index (χ4v) is 4.82. The molecule has 1 saturated heterocycles. The SMILES string of the molecule is O=C(O)c1cn(C2CC2)c2cc(N3CCN(Cc4nnc(-c5cccc(O)c5)o4)CC3)c(F)cc2c1=O. The van der Waals surface area contributed by atoms with Crippen LogP contribution in [0.4, 0.5) is 10.1 Å². The molecule has 37 heavy (non-hydrogen) atoms. The molecule has 2 fully saturated rings. The zero-order chi connectivity index (χ0) is 25.7. The third-order valence-electron chi connectivity index (χ3n) is 6.90. The molecule has 1 saturated carbocycles. The number of carbonyl (C=O) groups is 1. The maximum atomic E-state index is 15.2. The maximum Gasteiger partial charge on any atom is 0.341 e. The summed E-state index contributed by atoms with van der Waals surface area (Å²) in [4.78, 5) is 28.3. The van der Waals surface area contributed by atoms with Gasteiger partial charge in [-0.2, -0.15) is 0 Å². The summed E-state index contributed by atoms with van der Waals surface area (Å²) in [7, 11) is 0. The molecule has 2 aromatic carbocycles. The number of aromatic hydroxyl groups is 1. The summed E-state index contributed by atoms with van der Waals surface area (Å²) in [6.45, 7) is 2.82. The number of hydrogen-bond acceptors (Lipinski definition) is 8. The van der Waals surface area contributed by atoms with E-state index in [0.717, 1.165) is 12.8 Å². The van der Waals surface area contributed by atoms with Gasteiger partial charge in [0.1, 0.15) is 17.1 Å². The van der Waals surface area contributed by atoms with Gasteiger partial charge in [-0.25, -0.2) is 9.18 Å². The highest BCUT2D eigenvalue weighted by Gasteiger charge is 2.28. The molecule has 0 bridgehead atoms. The summed E-state index contributed by atoms with van der Waals surface area (Å²) in [6, 6.07) is 9.57. The molecule has 0 atom stereocenters. The number of halogens is 1. The van der Waals surface area contributed by atoms with Gasteiger partial charge in [-0.05, 0) is 43.2 Å². The molecule has 2 aromatic heterocycles. The van der Waals surface area contributed by atoms with Crippen LogP contribution in [-0.2, 0) is 6.54 Å². The molecule has 2 N–H and O–H groups in total. The summed E-state index contributed by atoms with van der Waals surface area (Å²) in [5.41, 5.74) is 0.581. The fraction of sp³-hybridized carbons (Fsp3) is 0.308. The quantitative estimate of drug-likeness (QED) is 0.406. The third kappa shape index (κ3) is 4.42. The first kappa shape index (κ1) is 23.2. The lowest BCUT2D eigenvalue weighted by Crippen LogP contribution is -2.46. The lowest BCUT2D eigenvalue weighted by Gasteiger charge is -2.35. The summed E-state index contributed by atoms with van der Waals surface area (Å²) in [6.07, 6.45) is 3.18. The molecule has 6 rings (SSSR count). The molecule has 10 nitrogen and oxygen atoms in total. The van der Waals surface area contributed by atoms with Gasteiger partial charge in [-0.1, -0.05) is 6.07 Å². The molecule has 190 valence electrons. The summed E-state index contributed by atoms with van der Waals surface area (Å²) in [5, 5.41) is 27.4. The minimum atomic E-state index is -1.31. The van der Waals surface area contributed by atoms with E-state index in [1.165, 1.54) is 12.3 Å². The van der Waals surface area contributed by atoms with Crippen molar-refractivity contribution in [3.63, 3.8) is 0 Å². The predicted molar refractivity (Wildman–Crippen MR) is 132 cm³/mol. The van der Waals surface area contributed by atoms with Crippen LogP contribution in [0.5, 0.6) is 5.75 Å². The maximum absolute atomic E-state index is 15.2. The van der Waals surface area contributed by atoms with E-state index in [4.69, 9.17) is 4.42 Å². The minimum absolute atomic E-state index is 0.0885. The zero-order valence-electron chi connectivity index (χ0n) is 19.8. The zero-order valence-corrected chi connectivity index (χ0v) is 19.8. The van der Waals surface area contributed by atoms with Gasteiger partial charge in [-0.15, -0.1) is 10.2 Å². The number of piperazine rings is 1.